The van der Waals surface area contributed by atoms with Gasteiger partial charge in [-0.1, -0.05) is 5.16 Å². The van der Waals surface area contributed by atoms with E-state index in [1.807, 2.05) is 12.1 Å². The zero-order valence-corrected chi connectivity index (χ0v) is 13.3. The molecule has 7 heteroatoms. The SMILES string of the molecule is O=C(c1ccc(OCC2CC2)cc1)N1CCOC[C@H]1c1ncon1. The molecular formula is C17H19N3O4. The summed E-state index contributed by atoms with van der Waals surface area (Å²) < 4.78 is 16.0. The number of ether oxygens (including phenoxy) is 2. The van der Waals surface area contributed by atoms with Crippen LogP contribution < -0.4 is 4.74 Å². The summed E-state index contributed by atoms with van der Waals surface area (Å²) in [6.45, 7) is 2.13. The molecule has 2 aliphatic rings. The van der Waals surface area contributed by atoms with Crippen LogP contribution in [0, 0.1) is 5.92 Å². The van der Waals surface area contributed by atoms with Crippen LogP contribution in [0.2, 0.25) is 0 Å². The lowest BCUT2D eigenvalue weighted by atomic mass is 10.1. The van der Waals surface area contributed by atoms with E-state index in [1.165, 1.54) is 19.2 Å². The van der Waals surface area contributed by atoms with Crippen LogP contribution >= 0.6 is 0 Å². The number of rotatable bonds is 5. The van der Waals surface area contributed by atoms with Crippen LogP contribution in [0.25, 0.3) is 0 Å². The number of morpholine rings is 1. The highest BCUT2D eigenvalue weighted by molar-refractivity contribution is 5.94. The van der Waals surface area contributed by atoms with Crippen molar-refractivity contribution < 1.29 is 18.8 Å². The van der Waals surface area contributed by atoms with Crippen molar-refractivity contribution in [3.63, 3.8) is 0 Å². The van der Waals surface area contributed by atoms with Gasteiger partial charge in [-0.15, -0.1) is 0 Å². The molecule has 1 saturated heterocycles. The van der Waals surface area contributed by atoms with Gasteiger partial charge in [0.2, 0.25) is 6.39 Å². The van der Waals surface area contributed by atoms with Gasteiger partial charge < -0.3 is 18.9 Å². The molecule has 2 fully saturated rings. The van der Waals surface area contributed by atoms with Gasteiger partial charge in [0, 0.05) is 12.1 Å². The number of carbonyl (C=O) groups is 1. The van der Waals surface area contributed by atoms with Gasteiger partial charge in [0.15, 0.2) is 5.82 Å². The number of aromatic nitrogens is 2. The highest BCUT2D eigenvalue weighted by atomic mass is 16.5. The Hall–Kier alpha value is -2.41. The molecule has 1 saturated carbocycles. The Kier molecular flexibility index (Phi) is 4.17. The summed E-state index contributed by atoms with van der Waals surface area (Å²) in [6.07, 6.45) is 3.77. The largest absolute Gasteiger partial charge is 0.493 e. The van der Waals surface area contributed by atoms with Crippen molar-refractivity contribution in [2.75, 3.05) is 26.4 Å². The summed E-state index contributed by atoms with van der Waals surface area (Å²) in [5.41, 5.74) is 0.615. The van der Waals surface area contributed by atoms with Crippen LogP contribution in [0.5, 0.6) is 5.75 Å². The number of hydrogen-bond acceptors (Lipinski definition) is 6. The van der Waals surface area contributed by atoms with Gasteiger partial charge in [-0.25, -0.2) is 0 Å². The third-order valence-corrected chi connectivity index (χ3v) is 4.35. The maximum Gasteiger partial charge on any atom is 0.254 e. The Morgan fingerprint density at radius 1 is 1.29 bits per heavy atom. The molecule has 0 unspecified atom stereocenters. The zero-order valence-electron chi connectivity index (χ0n) is 13.3. The van der Waals surface area contributed by atoms with Crippen LogP contribution in [0.1, 0.15) is 35.1 Å². The molecule has 2 heterocycles. The number of hydrogen-bond donors (Lipinski definition) is 0. The molecule has 0 bridgehead atoms. The molecule has 2 aromatic rings. The van der Waals surface area contributed by atoms with E-state index < -0.39 is 0 Å². The van der Waals surface area contributed by atoms with Gasteiger partial charge >= 0.3 is 0 Å². The summed E-state index contributed by atoms with van der Waals surface area (Å²) in [6, 6.07) is 6.97. The van der Waals surface area contributed by atoms with Crippen molar-refractivity contribution in [3.8, 4) is 5.75 Å². The topological polar surface area (TPSA) is 77.7 Å². The predicted octanol–water partition coefficient (Wildman–Crippen LogP) is 2.07. The molecule has 1 amide bonds. The van der Waals surface area contributed by atoms with E-state index in [0.717, 1.165) is 12.4 Å². The molecule has 0 radical (unpaired) electrons. The van der Waals surface area contributed by atoms with E-state index >= 15 is 0 Å². The summed E-state index contributed by atoms with van der Waals surface area (Å²) in [7, 11) is 0. The Morgan fingerprint density at radius 2 is 2.12 bits per heavy atom. The van der Waals surface area contributed by atoms with Crippen LogP contribution in [0.15, 0.2) is 35.2 Å². The average molecular weight is 329 g/mol. The van der Waals surface area contributed by atoms with E-state index in [2.05, 4.69) is 10.1 Å². The normalized spacial score (nSPS) is 20.8. The van der Waals surface area contributed by atoms with E-state index in [-0.39, 0.29) is 11.9 Å². The second-order valence-corrected chi connectivity index (χ2v) is 6.16. The fourth-order valence-corrected chi connectivity index (χ4v) is 2.74. The van der Waals surface area contributed by atoms with Gasteiger partial charge in [-0.3, -0.25) is 4.79 Å². The standard InChI is InChI=1S/C17H19N3O4/c21-17(13-3-5-14(6-4-13)23-9-12-1-2-12)20-7-8-22-10-15(20)16-18-11-24-19-16/h3-6,11-12,15H,1-2,7-10H2/t15-/m0/s1. The molecule has 0 N–H and O–H groups in total. The fraction of sp³-hybridized carbons (Fsp3) is 0.471. The molecule has 1 aliphatic carbocycles. The molecule has 1 aliphatic heterocycles. The molecule has 1 atom stereocenters. The van der Waals surface area contributed by atoms with Crippen molar-refractivity contribution >= 4 is 5.91 Å². The van der Waals surface area contributed by atoms with Gasteiger partial charge in [-0.2, -0.15) is 4.98 Å². The molecule has 0 spiro atoms. The first kappa shape index (κ1) is 15.1. The minimum Gasteiger partial charge on any atom is -0.493 e. The van der Waals surface area contributed by atoms with Gasteiger partial charge in [-0.05, 0) is 43.0 Å². The maximum atomic E-state index is 12.8. The van der Waals surface area contributed by atoms with E-state index in [1.54, 1.807) is 17.0 Å². The lowest BCUT2D eigenvalue weighted by molar-refractivity contribution is -0.00577. The number of amides is 1. The molecule has 1 aromatic heterocycles. The first-order valence-corrected chi connectivity index (χ1v) is 8.19. The van der Waals surface area contributed by atoms with E-state index in [9.17, 15) is 4.79 Å². The summed E-state index contributed by atoms with van der Waals surface area (Å²) >= 11 is 0. The van der Waals surface area contributed by atoms with Crippen molar-refractivity contribution in [1.29, 1.82) is 0 Å². The van der Waals surface area contributed by atoms with E-state index in [4.69, 9.17) is 14.0 Å². The third kappa shape index (κ3) is 3.26. The smallest absolute Gasteiger partial charge is 0.254 e. The summed E-state index contributed by atoms with van der Waals surface area (Å²) in [5.74, 6) is 1.90. The maximum absolute atomic E-state index is 12.8. The Labute approximate surface area is 139 Å². The lowest BCUT2D eigenvalue weighted by Gasteiger charge is -2.33. The minimum absolute atomic E-state index is 0.0677. The molecule has 126 valence electrons. The molecule has 1 aromatic carbocycles. The quantitative estimate of drug-likeness (QED) is 0.836. The Bertz CT molecular complexity index is 682. The first-order valence-electron chi connectivity index (χ1n) is 8.19. The highest BCUT2D eigenvalue weighted by Crippen LogP contribution is 2.30. The van der Waals surface area contributed by atoms with Crippen LogP contribution in [0.4, 0.5) is 0 Å². The van der Waals surface area contributed by atoms with Gasteiger partial charge in [0.1, 0.15) is 11.8 Å². The molecule has 7 nitrogen and oxygen atoms in total. The molecular weight excluding hydrogens is 310 g/mol. The second-order valence-electron chi connectivity index (χ2n) is 6.16. The van der Waals surface area contributed by atoms with Gasteiger partial charge in [0.25, 0.3) is 5.91 Å². The van der Waals surface area contributed by atoms with E-state index in [0.29, 0.717) is 37.1 Å². The van der Waals surface area contributed by atoms with Crippen molar-refractivity contribution in [2.45, 2.75) is 18.9 Å². The monoisotopic (exact) mass is 329 g/mol. The number of nitrogens with zero attached hydrogens (tertiary/aromatic N) is 3. The molecule has 4 rings (SSSR count). The predicted molar refractivity (Wildman–Crippen MR) is 83.6 cm³/mol. The zero-order chi connectivity index (χ0) is 16.4. The van der Waals surface area contributed by atoms with Crippen LogP contribution in [0.3, 0.4) is 0 Å². The third-order valence-electron chi connectivity index (χ3n) is 4.35. The van der Waals surface area contributed by atoms with Crippen molar-refractivity contribution in [2.24, 2.45) is 5.92 Å². The molecule has 24 heavy (non-hydrogen) atoms. The number of benzene rings is 1. The second kappa shape index (κ2) is 6.60. The fourth-order valence-electron chi connectivity index (χ4n) is 2.74. The Balaban J connectivity index is 1.46. The number of carbonyl (C=O) groups excluding carboxylic acids is 1. The van der Waals surface area contributed by atoms with Crippen LogP contribution in [-0.4, -0.2) is 47.3 Å². The van der Waals surface area contributed by atoms with Crippen molar-refractivity contribution in [3.05, 3.63) is 42.0 Å². The summed E-state index contributed by atoms with van der Waals surface area (Å²) in [4.78, 5) is 18.6. The Morgan fingerprint density at radius 3 is 2.83 bits per heavy atom. The van der Waals surface area contributed by atoms with Gasteiger partial charge in [0.05, 0.1) is 19.8 Å². The summed E-state index contributed by atoms with van der Waals surface area (Å²) in [5, 5.41) is 3.85. The van der Waals surface area contributed by atoms with Crippen LogP contribution in [-0.2, 0) is 4.74 Å². The lowest BCUT2D eigenvalue weighted by Crippen LogP contribution is -2.43. The highest BCUT2D eigenvalue weighted by Gasteiger charge is 2.32. The average Bonchev–Trinajstić information content (AvgIpc) is 3.31. The van der Waals surface area contributed by atoms with Crippen molar-refractivity contribution in [1.82, 2.24) is 15.0 Å². The first-order chi connectivity index (χ1) is 11.8. The minimum atomic E-state index is -0.323.